The SMILES string of the molecule is CN1CCC(CC(=O)N[C@H]2CCN(CC(=O)N[C@@H](CCCN=C(N)N)C(=O)c3nccs3)C2=O)CC1. The van der Waals surface area contributed by atoms with Gasteiger partial charge in [0, 0.05) is 31.1 Å². The highest BCUT2D eigenvalue weighted by atomic mass is 32.1. The molecule has 36 heavy (non-hydrogen) atoms. The van der Waals surface area contributed by atoms with E-state index in [1.54, 1.807) is 5.38 Å². The zero-order chi connectivity index (χ0) is 26.1. The number of likely N-dealkylation sites (tertiary alicyclic amines) is 2. The van der Waals surface area contributed by atoms with Gasteiger partial charge in [0.05, 0.1) is 12.6 Å². The van der Waals surface area contributed by atoms with Gasteiger partial charge >= 0.3 is 0 Å². The fourth-order valence-corrected chi connectivity index (χ4v) is 5.12. The number of guanidine groups is 1. The molecule has 0 aliphatic carbocycles. The van der Waals surface area contributed by atoms with E-state index < -0.39 is 18.0 Å². The van der Waals surface area contributed by atoms with Crippen LogP contribution in [0.4, 0.5) is 0 Å². The van der Waals surface area contributed by atoms with Gasteiger partial charge in [0.15, 0.2) is 11.0 Å². The lowest BCUT2D eigenvalue weighted by Gasteiger charge is -2.28. The molecule has 3 amide bonds. The number of hydrogen-bond acceptors (Lipinski definition) is 8. The normalized spacial score (nSPS) is 19.6. The number of aliphatic imine (C=N–C) groups is 1. The summed E-state index contributed by atoms with van der Waals surface area (Å²) < 4.78 is 0. The van der Waals surface area contributed by atoms with E-state index in [0.717, 1.165) is 25.9 Å². The van der Waals surface area contributed by atoms with Crippen molar-refractivity contribution in [1.29, 1.82) is 0 Å². The number of carbonyl (C=O) groups is 4. The van der Waals surface area contributed by atoms with Gasteiger partial charge in [-0.2, -0.15) is 0 Å². The van der Waals surface area contributed by atoms with Gasteiger partial charge in [-0.05, 0) is 58.2 Å². The lowest BCUT2D eigenvalue weighted by atomic mass is 9.93. The zero-order valence-corrected chi connectivity index (χ0v) is 21.5. The molecule has 1 aromatic heterocycles. The number of amides is 3. The van der Waals surface area contributed by atoms with Crippen LogP contribution >= 0.6 is 11.3 Å². The molecule has 2 fully saturated rings. The van der Waals surface area contributed by atoms with Gasteiger partial charge in [0.2, 0.25) is 23.5 Å². The van der Waals surface area contributed by atoms with E-state index in [2.05, 4.69) is 32.6 Å². The molecule has 12 nitrogen and oxygen atoms in total. The van der Waals surface area contributed by atoms with E-state index in [1.165, 1.54) is 22.4 Å². The Kier molecular flexibility index (Phi) is 10.2. The molecule has 2 aliphatic heterocycles. The van der Waals surface area contributed by atoms with E-state index in [9.17, 15) is 19.2 Å². The molecule has 0 aromatic carbocycles. The van der Waals surface area contributed by atoms with Crippen LogP contribution in [0.3, 0.4) is 0 Å². The van der Waals surface area contributed by atoms with E-state index in [0.29, 0.717) is 49.7 Å². The van der Waals surface area contributed by atoms with E-state index in [1.807, 2.05) is 0 Å². The molecule has 6 N–H and O–H groups in total. The van der Waals surface area contributed by atoms with Gasteiger partial charge in [-0.15, -0.1) is 11.3 Å². The third-order valence-corrected chi connectivity index (χ3v) is 7.31. The predicted molar refractivity (Wildman–Crippen MR) is 136 cm³/mol. The summed E-state index contributed by atoms with van der Waals surface area (Å²) in [5, 5.41) is 7.57. The molecule has 0 spiro atoms. The lowest BCUT2D eigenvalue weighted by molar-refractivity contribution is -0.136. The number of nitrogens with one attached hydrogen (secondary N) is 2. The number of piperidine rings is 1. The number of nitrogens with two attached hydrogens (primary N) is 2. The van der Waals surface area contributed by atoms with Crippen molar-refractivity contribution < 1.29 is 19.2 Å². The minimum Gasteiger partial charge on any atom is -0.370 e. The second-order valence-corrected chi connectivity index (χ2v) is 10.3. The molecule has 3 rings (SSSR count). The van der Waals surface area contributed by atoms with Crippen molar-refractivity contribution in [1.82, 2.24) is 25.4 Å². The Labute approximate surface area is 214 Å². The fraction of sp³-hybridized carbons (Fsp3) is 0.652. The first-order chi connectivity index (χ1) is 17.2. The number of aromatic nitrogens is 1. The summed E-state index contributed by atoms with van der Waals surface area (Å²) in [5.41, 5.74) is 10.7. The first-order valence-electron chi connectivity index (χ1n) is 12.3. The van der Waals surface area contributed by atoms with Gasteiger partial charge in [0.1, 0.15) is 6.04 Å². The number of ketones is 1. The van der Waals surface area contributed by atoms with Gasteiger partial charge in [-0.1, -0.05) is 0 Å². The Morgan fingerprint density at radius 2 is 1.94 bits per heavy atom. The summed E-state index contributed by atoms with van der Waals surface area (Å²) in [7, 11) is 2.07. The number of hydrogen-bond donors (Lipinski definition) is 4. The van der Waals surface area contributed by atoms with E-state index in [4.69, 9.17) is 11.5 Å². The molecule has 0 unspecified atom stereocenters. The first kappa shape index (κ1) is 27.5. The second-order valence-electron chi connectivity index (χ2n) is 9.39. The summed E-state index contributed by atoms with van der Waals surface area (Å²) in [6.07, 6.45) is 5.14. The molecule has 0 bridgehead atoms. The number of carbonyl (C=O) groups excluding carboxylic acids is 4. The van der Waals surface area contributed by atoms with Crippen LogP contribution in [-0.4, -0.2) is 96.1 Å². The largest absolute Gasteiger partial charge is 0.370 e. The van der Waals surface area contributed by atoms with Crippen LogP contribution in [-0.2, 0) is 14.4 Å². The van der Waals surface area contributed by atoms with Crippen LogP contribution in [0.5, 0.6) is 0 Å². The van der Waals surface area contributed by atoms with E-state index >= 15 is 0 Å². The van der Waals surface area contributed by atoms with Crippen LogP contribution in [0.2, 0.25) is 0 Å². The minimum absolute atomic E-state index is 0.0395. The second kappa shape index (κ2) is 13.3. The molecule has 13 heteroatoms. The molecule has 2 aliphatic rings. The molecule has 0 saturated carbocycles. The van der Waals surface area contributed by atoms with Crippen LogP contribution in [0.1, 0.15) is 48.3 Å². The monoisotopic (exact) mass is 520 g/mol. The molecule has 2 saturated heterocycles. The van der Waals surface area contributed by atoms with Crippen molar-refractivity contribution in [2.75, 3.05) is 39.8 Å². The van der Waals surface area contributed by atoms with Crippen LogP contribution in [0.15, 0.2) is 16.6 Å². The Hall–Kier alpha value is -3.06. The van der Waals surface area contributed by atoms with Crippen LogP contribution < -0.4 is 22.1 Å². The third kappa shape index (κ3) is 8.26. The number of Topliss-reactive ketones (excluding diaryl/α,β-unsaturated/α-hetero) is 1. The van der Waals surface area contributed by atoms with Gasteiger partial charge in [-0.3, -0.25) is 24.2 Å². The van der Waals surface area contributed by atoms with Gasteiger partial charge < -0.3 is 31.9 Å². The maximum absolute atomic E-state index is 12.8. The van der Waals surface area contributed by atoms with Crippen molar-refractivity contribution in [3.05, 3.63) is 16.6 Å². The summed E-state index contributed by atoms with van der Waals surface area (Å²) >= 11 is 1.20. The molecular formula is C23H36N8O4S. The van der Waals surface area contributed by atoms with E-state index in [-0.39, 0.29) is 30.1 Å². The van der Waals surface area contributed by atoms with Gasteiger partial charge in [0.25, 0.3) is 0 Å². The highest BCUT2D eigenvalue weighted by Crippen LogP contribution is 2.20. The number of thiazole rings is 1. The summed E-state index contributed by atoms with van der Waals surface area (Å²) in [4.78, 5) is 62.5. The quantitative estimate of drug-likeness (QED) is 0.121. The van der Waals surface area contributed by atoms with Crippen molar-refractivity contribution >= 4 is 40.8 Å². The highest BCUT2D eigenvalue weighted by Gasteiger charge is 2.35. The average molecular weight is 521 g/mol. The maximum Gasteiger partial charge on any atom is 0.245 e. The Morgan fingerprint density at radius 3 is 2.61 bits per heavy atom. The Bertz CT molecular complexity index is 942. The standard InChI is InChI=1S/C23H36N8O4S/c1-30-9-4-15(5-10-30)13-18(32)29-17-6-11-31(22(17)35)14-19(33)28-16(3-2-7-27-23(24)25)20(34)21-26-8-12-36-21/h8,12,15-17H,2-7,9-11,13-14H2,1H3,(H,28,33)(H,29,32)(H4,24,25,27)/t16-,17-/m0/s1. The minimum atomic E-state index is -0.805. The Balaban J connectivity index is 1.48. The topological polar surface area (TPSA) is 176 Å². The molecule has 198 valence electrons. The fourth-order valence-electron chi connectivity index (χ4n) is 4.49. The van der Waals surface area contributed by atoms with Gasteiger partial charge in [-0.25, -0.2) is 4.98 Å². The van der Waals surface area contributed by atoms with Crippen molar-refractivity contribution in [2.24, 2.45) is 22.4 Å². The summed E-state index contributed by atoms with van der Waals surface area (Å²) in [5.74, 6) is -0.851. The zero-order valence-electron chi connectivity index (χ0n) is 20.6. The maximum atomic E-state index is 12.8. The van der Waals surface area contributed by atoms with Crippen LogP contribution in [0.25, 0.3) is 0 Å². The van der Waals surface area contributed by atoms with Crippen molar-refractivity contribution in [2.45, 2.75) is 50.6 Å². The molecular weight excluding hydrogens is 484 g/mol. The molecule has 2 atom stereocenters. The predicted octanol–water partition coefficient (Wildman–Crippen LogP) is -0.687. The van der Waals surface area contributed by atoms with Crippen LogP contribution in [0, 0.1) is 5.92 Å². The third-order valence-electron chi connectivity index (χ3n) is 6.52. The molecule has 3 heterocycles. The highest BCUT2D eigenvalue weighted by molar-refractivity contribution is 7.11. The number of rotatable bonds is 12. The average Bonchev–Trinajstić information content (AvgIpc) is 3.48. The van der Waals surface area contributed by atoms with Crippen molar-refractivity contribution in [3.63, 3.8) is 0 Å². The number of nitrogens with zero attached hydrogens (tertiary/aromatic N) is 4. The summed E-state index contributed by atoms with van der Waals surface area (Å²) in [6.45, 7) is 2.45. The van der Waals surface area contributed by atoms with Crippen molar-refractivity contribution in [3.8, 4) is 0 Å². The smallest absolute Gasteiger partial charge is 0.245 e. The molecule has 0 radical (unpaired) electrons. The molecule has 1 aromatic rings. The summed E-state index contributed by atoms with van der Waals surface area (Å²) in [6, 6.07) is -1.43. The Morgan fingerprint density at radius 1 is 1.19 bits per heavy atom. The first-order valence-corrected chi connectivity index (χ1v) is 13.2. The lowest BCUT2D eigenvalue weighted by Crippen LogP contribution is -2.48.